The van der Waals surface area contributed by atoms with Crippen LogP contribution < -0.4 is 5.32 Å². The van der Waals surface area contributed by atoms with Gasteiger partial charge in [0.1, 0.15) is 10.4 Å². The molecule has 2 aliphatic heterocycles. The summed E-state index contributed by atoms with van der Waals surface area (Å²) in [6, 6.07) is 5.52. The predicted octanol–water partition coefficient (Wildman–Crippen LogP) is 2.36. The zero-order valence-corrected chi connectivity index (χ0v) is 17.3. The van der Waals surface area contributed by atoms with Crippen molar-refractivity contribution >= 4 is 67.6 Å². The molecule has 2 amide bonds. The third-order valence-electron chi connectivity index (χ3n) is 4.02. The summed E-state index contributed by atoms with van der Waals surface area (Å²) in [7, 11) is -3.28. The van der Waals surface area contributed by atoms with Crippen molar-refractivity contribution in [3.05, 3.63) is 51.2 Å². The number of benzene rings is 1. The van der Waals surface area contributed by atoms with Crippen molar-refractivity contribution in [2.24, 2.45) is 0 Å². The Morgan fingerprint density at radius 3 is 2.67 bits per heavy atom. The Labute approximate surface area is 171 Å². The summed E-state index contributed by atoms with van der Waals surface area (Å²) in [5, 5.41) is 4.29. The van der Waals surface area contributed by atoms with Gasteiger partial charge in [-0.1, -0.05) is 47.7 Å². The number of sulfone groups is 1. The number of amides is 2. The van der Waals surface area contributed by atoms with E-state index >= 15 is 0 Å². The van der Waals surface area contributed by atoms with Crippen LogP contribution in [0.15, 0.2) is 40.7 Å². The molecule has 0 aromatic heterocycles. The maximum atomic E-state index is 12.7. The standard InChI is InChI=1S/C17H15ClN2O4S3/c1-10(15(21)19-13-6-7-27(23,24)9-13)20-16(22)14(26-17(20)25)8-11-2-4-12(18)5-3-11/h2-8,10,13H,9H2,1H3,(H,19,21)/b14-8+/t10-,13+/m1/s1. The van der Waals surface area contributed by atoms with E-state index < -0.39 is 27.8 Å². The Hall–Kier alpha value is -1.68. The van der Waals surface area contributed by atoms with Crippen molar-refractivity contribution in [2.75, 3.05) is 5.75 Å². The summed E-state index contributed by atoms with van der Waals surface area (Å²) >= 11 is 12.2. The van der Waals surface area contributed by atoms with Gasteiger partial charge in [0.15, 0.2) is 9.84 Å². The van der Waals surface area contributed by atoms with Gasteiger partial charge in [-0.25, -0.2) is 8.42 Å². The molecule has 6 nitrogen and oxygen atoms in total. The highest BCUT2D eigenvalue weighted by atomic mass is 35.5. The third kappa shape index (κ3) is 4.60. The molecule has 1 aromatic rings. The maximum absolute atomic E-state index is 12.7. The molecule has 0 unspecified atom stereocenters. The summed E-state index contributed by atoms with van der Waals surface area (Å²) in [4.78, 5) is 26.8. The number of carbonyl (C=O) groups excluding carboxylic acids is 2. The molecule has 0 saturated carbocycles. The summed E-state index contributed by atoms with van der Waals surface area (Å²) in [6.07, 6.45) is 3.11. The van der Waals surface area contributed by atoms with Crippen molar-refractivity contribution < 1.29 is 18.0 Å². The molecule has 1 fully saturated rings. The highest BCUT2D eigenvalue weighted by Crippen LogP contribution is 2.34. The summed E-state index contributed by atoms with van der Waals surface area (Å²) < 4.78 is 23.2. The molecular weight excluding hydrogens is 428 g/mol. The van der Waals surface area contributed by atoms with Crippen LogP contribution in [0.2, 0.25) is 5.02 Å². The van der Waals surface area contributed by atoms with E-state index in [4.69, 9.17) is 23.8 Å². The maximum Gasteiger partial charge on any atom is 0.266 e. The van der Waals surface area contributed by atoms with Crippen LogP contribution in [0.1, 0.15) is 12.5 Å². The monoisotopic (exact) mass is 442 g/mol. The van der Waals surface area contributed by atoms with Gasteiger partial charge in [-0.2, -0.15) is 0 Å². The minimum absolute atomic E-state index is 0.180. The number of carbonyl (C=O) groups is 2. The topological polar surface area (TPSA) is 83.6 Å². The summed E-state index contributed by atoms with van der Waals surface area (Å²) in [6.45, 7) is 1.55. The average molecular weight is 443 g/mol. The van der Waals surface area contributed by atoms with E-state index in [0.717, 1.165) is 22.7 Å². The van der Waals surface area contributed by atoms with E-state index in [2.05, 4.69) is 5.32 Å². The van der Waals surface area contributed by atoms with Crippen LogP contribution in [0, 0.1) is 0 Å². The summed E-state index contributed by atoms with van der Waals surface area (Å²) in [5.74, 6) is -1.01. The number of rotatable bonds is 4. The lowest BCUT2D eigenvalue weighted by molar-refractivity contribution is -0.132. The lowest BCUT2D eigenvalue weighted by atomic mass is 10.2. The number of halogens is 1. The molecular formula is C17H15ClN2O4S3. The zero-order chi connectivity index (χ0) is 19.8. The molecule has 2 aliphatic rings. The van der Waals surface area contributed by atoms with E-state index in [1.807, 2.05) is 0 Å². The highest BCUT2D eigenvalue weighted by molar-refractivity contribution is 8.26. The van der Waals surface area contributed by atoms with Crippen LogP contribution in [0.3, 0.4) is 0 Å². The third-order valence-corrected chi connectivity index (χ3v) is 6.99. The summed E-state index contributed by atoms with van der Waals surface area (Å²) in [5.41, 5.74) is 0.790. The van der Waals surface area contributed by atoms with Gasteiger partial charge in [0.25, 0.3) is 5.91 Å². The van der Waals surface area contributed by atoms with Crippen LogP contribution in [0.4, 0.5) is 0 Å². The van der Waals surface area contributed by atoms with Gasteiger partial charge in [-0.15, -0.1) is 0 Å². The normalized spacial score (nSPS) is 23.9. The Morgan fingerprint density at radius 1 is 1.41 bits per heavy atom. The fraction of sp³-hybridized carbons (Fsp3) is 0.235. The Morgan fingerprint density at radius 2 is 2.07 bits per heavy atom. The van der Waals surface area contributed by atoms with Gasteiger partial charge in [-0.3, -0.25) is 14.5 Å². The lowest BCUT2D eigenvalue weighted by Gasteiger charge is -2.23. The highest BCUT2D eigenvalue weighted by Gasteiger charge is 2.39. The van der Waals surface area contributed by atoms with Crippen LogP contribution in [-0.2, 0) is 19.4 Å². The fourth-order valence-corrected chi connectivity index (χ4v) is 5.39. The van der Waals surface area contributed by atoms with Crippen LogP contribution in [0.25, 0.3) is 6.08 Å². The largest absolute Gasteiger partial charge is 0.347 e. The molecule has 2 heterocycles. The van der Waals surface area contributed by atoms with Crippen LogP contribution in [-0.4, -0.2) is 47.3 Å². The minimum atomic E-state index is -3.28. The minimum Gasteiger partial charge on any atom is -0.347 e. The van der Waals surface area contributed by atoms with Crippen molar-refractivity contribution in [3.63, 3.8) is 0 Å². The molecule has 0 radical (unpaired) electrons. The first kappa shape index (κ1) is 20.1. The average Bonchev–Trinajstić information content (AvgIpc) is 3.07. The van der Waals surface area contributed by atoms with Crippen molar-refractivity contribution in [1.29, 1.82) is 0 Å². The number of hydrogen-bond donors (Lipinski definition) is 1. The first-order valence-corrected chi connectivity index (χ1v) is 11.2. The first-order valence-electron chi connectivity index (χ1n) is 7.90. The lowest BCUT2D eigenvalue weighted by Crippen LogP contribution is -2.49. The van der Waals surface area contributed by atoms with Crippen molar-refractivity contribution in [3.8, 4) is 0 Å². The van der Waals surface area contributed by atoms with E-state index in [0.29, 0.717) is 9.93 Å². The first-order chi connectivity index (χ1) is 12.7. The number of nitrogens with one attached hydrogen (secondary N) is 1. The quantitative estimate of drug-likeness (QED) is 0.569. The van der Waals surface area contributed by atoms with E-state index in [9.17, 15) is 18.0 Å². The molecule has 1 saturated heterocycles. The van der Waals surface area contributed by atoms with Gasteiger partial charge in [0.05, 0.1) is 16.7 Å². The number of hydrogen-bond acceptors (Lipinski definition) is 6. The molecule has 2 atom stereocenters. The molecule has 1 aromatic carbocycles. The van der Waals surface area contributed by atoms with E-state index in [-0.39, 0.29) is 16.0 Å². The van der Waals surface area contributed by atoms with Gasteiger partial charge < -0.3 is 5.32 Å². The van der Waals surface area contributed by atoms with Crippen molar-refractivity contribution in [1.82, 2.24) is 10.2 Å². The van der Waals surface area contributed by atoms with Gasteiger partial charge in [0.2, 0.25) is 5.91 Å². The fourth-order valence-electron chi connectivity index (χ4n) is 2.61. The SMILES string of the molecule is C[C@H](C(=O)N[C@H]1C=CS(=O)(=O)C1)N1C(=O)/C(=C\c2ccc(Cl)cc2)SC1=S. The van der Waals surface area contributed by atoms with Gasteiger partial charge >= 0.3 is 0 Å². The molecule has 3 rings (SSSR count). The molecule has 27 heavy (non-hydrogen) atoms. The molecule has 0 aliphatic carbocycles. The smallest absolute Gasteiger partial charge is 0.266 e. The molecule has 142 valence electrons. The number of nitrogens with zero attached hydrogens (tertiary/aromatic N) is 1. The second-order valence-corrected chi connectivity index (χ2v) is 10.1. The Bertz CT molecular complexity index is 970. The zero-order valence-electron chi connectivity index (χ0n) is 14.1. The Kier molecular flexibility index (Phi) is 5.76. The molecule has 1 N–H and O–H groups in total. The Balaban J connectivity index is 1.71. The number of thioether (sulfide) groups is 1. The van der Waals surface area contributed by atoms with Gasteiger partial charge in [0, 0.05) is 10.4 Å². The number of thiocarbonyl (C=S) groups is 1. The van der Waals surface area contributed by atoms with E-state index in [1.165, 1.54) is 11.0 Å². The molecule has 0 spiro atoms. The van der Waals surface area contributed by atoms with Gasteiger partial charge in [-0.05, 0) is 36.8 Å². The van der Waals surface area contributed by atoms with Crippen LogP contribution in [0.5, 0.6) is 0 Å². The second-order valence-electron chi connectivity index (χ2n) is 6.05. The second kappa shape index (κ2) is 7.75. The van der Waals surface area contributed by atoms with Crippen LogP contribution >= 0.6 is 35.6 Å². The predicted molar refractivity (Wildman–Crippen MR) is 111 cm³/mol. The molecule has 0 bridgehead atoms. The van der Waals surface area contributed by atoms with E-state index in [1.54, 1.807) is 37.3 Å². The van der Waals surface area contributed by atoms with Crippen molar-refractivity contribution in [2.45, 2.75) is 19.0 Å². The molecule has 10 heteroatoms.